The fraction of sp³-hybridized carbons (Fsp3) is 0.750. The minimum atomic E-state index is -0.0475. The first-order valence-corrected chi connectivity index (χ1v) is 6.55. The fourth-order valence-electron chi connectivity index (χ4n) is 1.96. The number of rotatable bonds is 5. The molecule has 2 heterocycles. The fourth-order valence-corrected chi connectivity index (χ4v) is 1.96. The van der Waals surface area contributed by atoms with Crippen LogP contribution in [0.25, 0.3) is 0 Å². The molecule has 0 saturated carbocycles. The maximum atomic E-state index is 5.38. The lowest BCUT2D eigenvalue weighted by Crippen LogP contribution is -2.41. The summed E-state index contributed by atoms with van der Waals surface area (Å²) in [4.78, 5) is 12.7. The van der Waals surface area contributed by atoms with Gasteiger partial charge in [-0.25, -0.2) is 0 Å². The second-order valence-electron chi connectivity index (χ2n) is 4.80. The minimum absolute atomic E-state index is 0.0475. The van der Waals surface area contributed by atoms with Crippen LogP contribution in [0.1, 0.15) is 26.7 Å². The quantitative estimate of drug-likeness (QED) is 0.832. The molecule has 0 unspecified atom stereocenters. The Balaban J connectivity index is 2.16. The highest BCUT2D eigenvalue weighted by Crippen LogP contribution is 2.24. The Labute approximate surface area is 113 Å². The van der Waals surface area contributed by atoms with E-state index in [2.05, 4.69) is 32.5 Å². The molecule has 0 radical (unpaired) electrons. The third-order valence-electron chi connectivity index (χ3n) is 3.14. The van der Waals surface area contributed by atoms with Crippen molar-refractivity contribution in [2.45, 2.75) is 32.2 Å². The summed E-state index contributed by atoms with van der Waals surface area (Å²) < 4.78 is 10.5. The Morgan fingerprint density at radius 1 is 1.21 bits per heavy atom. The van der Waals surface area contributed by atoms with Crippen LogP contribution in [0.2, 0.25) is 0 Å². The van der Waals surface area contributed by atoms with Gasteiger partial charge >= 0.3 is 6.01 Å². The van der Waals surface area contributed by atoms with E-state index >= 15 is 0 Å². The van der Waals surface area contributed by atoms with Gasteiger partial charge in [0.25, 0.3) is 0 Å². The van der Waals surface area contributed by atoms with Crippen molar-refractivity contribution in [1.82, 2.24) is 15.0 Å². The van der Waals surface area contributed by atoms with Gasteiger partial charge in [0.05, 0.1) is 7.11 Å². The standard InChI is InChI=1S/C12H21N5O2/c1-4-13-9-14-10(16-11(15-9)18-3)17-12(2)5-7-19-8-6-12/h4-8H2,1-3H3,(H2,13,14,15,16,17). The van der Waals surface area contributed by atoms with Gasteiger partial charge in [-0.1, -0.05) is 0 Å². The number of anilines is 2. The number of hydrogen-bond acceptors (Lipinski definition) is 7. The second kappa shape index (κ2) is 6.01. The SMILES string of the molecule is CCNc1nc(NC2(C)CCOCC2)nc(OC)n1. The summed E-state index contributed by atoms with van der Waals surface area (Å²) in [5.74, 6) is 1.06. The molecule has 1 aliphatic heterocycles. The molecule has 2 rings (SSSR count). The summed E-state index contributed by atoms with van der Waals surface area (Å²) in [5, 5.41) is 6.43. The smallest absolute Gasteiger partial charge is 0.322 e. The molecular formula is C12H21N5O2. The van der Waals surface area contributed by atoms with Crippen molar-refractivity contribution in [3.8, 4) is 6.01 Å². The lowest BCUT2D eigenvalue weighted by Gasteiger charge is -2.34. The van der Waals surface area contributed by atoms with Crippen LogP contribution in [-0.4, -0.2) is 47.4 Å². The van der Waals surface area contributed by atoms with Crippen molar-refractivity contribution in [3.05, 3.63) is 0 Å². The van der Waals surface area contributed by atoms with E-state index in [1.807, 2.05) is 6.92 Å². The van der Waals surface area contributed by atoms with Gasteiger partial charge in [0.2, 0.25) is 11.9 Å². The summed E-state index contributed by atoms with van der Waals surface area (Å²) in [6.07, 6.45) is 1.86. The molecule has 0 atom stereocenters. The predicted molar refractivity (Wildman–Crippen MR) is 72.6 cm³/mol. The average molecular weight is 267 g/mol. The van der Waals surface area contributed by atoms with Crippen LogP contribution in [0, 0.1) is 0 Å². The molecule has 0 bridgehead atoms. The topological polar surface area (TPSA) is 81.2 Å². The van der Waals surface area contributed by atoms with E-state index in [0.29, 0.717) is 17.9 Å². The highest BCUT2D eigenvalue weighted by Gasteiger charge is 2.28. The number of aromatic nitrogens is 3. The summed E-state index contributed by atoms with van der Waals surface area (Å²) in [6, 6.07) is 0.309. The number of hydrogen-bond donors (Lipinski definition) is 2. The van der Waals surface area contributed by atoms with E-state index in [1.165, 1.54) is 0 Å². The molecule has 1 aromatic rings. The van der Waals surface area contributed by atoms with Gasteiger partial charge < -0.3 is 20.1 Å². The molecule has 7 nitrogen and oxygen atoms in total. The third-order valence-corrected chi connectivity index (χ3v) is 3.14. The molecule has 0 aliphatic carbocycles. The largest absolute Gasteiger partial charge is 0.467 e. The molecule has 0 amide bonds. The average Bonchev–Trinajstić information content (AvgIpc) is 2.39. The van der Waals surface area contributed by atoms with Crippen molar-refractivity contribution in [2.24, 2.45) is 0 Å². The molecular weight excluding hydrogens is 246 g/mol. The Kier molecular flexibility index (Phi) is 4.36. The Morgan fingerprint density at radius 2 is 1.89 bits per heavy atom. The highest BCUT2D eigenvalue weighted by molar-refractivity contribution is 5.37. The van der Waals surface area contributed by atoms with Crippen LogP contribution >= 0.6 is 0 Å². The van der Waals surface area contributed by atoms with Gasteiger partial charge in [0.15, 0.2) is 0 Å². The monoisotopic (exact) mass is 267 g/mol. The number of ether oxygens (including phenoxy) is 2. The first kappa shape index (κ1) is 13.8. The van der Waals surface area contributed by atoms with Gasteiger partial charge in [-0.3, -0.25) is 0 Å². The highest BCUT2D eigenvalue weighted by atomic mass is 16.5. The minimum Gasteiger partial charge on any atom is -0.467 e. The Bertz CT molecular complexity index is 421. The van der Waals surface area contributed by atoms with Gasteiger partial charge in [0.1, 0.15) is 0 Å². The van der Waals surface area contributed by atoms with Crippen molar-refractivity contribution in [3.63, 3.8) is 0 Å². The molecule has 7 heteroatoms. The van der Waals surface area contributed by atoms with E-state index in [9.17, 15) is 0 Å². The molecule has 0 aromatic carbocycles. The number of nitrogens with zero attached hydrogens (tertiary/aromatic N) is 3. The molecule has 106 valence electrons. The summed E-state index contributed by atoms with van der Waals surface area (Å²) >= 11 is 0. The normalized spacial score (nSPS) is 17.8. The number of methoxy groups -OCH3 is 1. The second-order valence-corrected chi connectivity index (χ2v) is 4.80. The summed E-state index contributed by atoms with van der Waals surface area (Å²) in [6.45, 7) is 6.40. The van der Waals surface area contributed by atoms with Gasteiger partial charge in [-0.15, -0.1) is 0 Å². The van der Waals surface area contributed by atoms with Gasteiger partial charge in [-0.2, -0.15) is 15.0 Å². The van der Waals surface area contributed by atoms with Crippen molar-refractivity contribution in [1.29, 1.82) is 0 Å². The zero-order valence-corrected chi connectivity index (χ0v) is 11.7. The predicted octanol–water partition coefficient (Wildman–Crippen LogP) is 1.29. The van der Waals surface area contributed by atoms with Crippen LogP contribution in [0.4, 0.5) is 11.9 Å². The first-order valence-electron chi connectivity index (χ1n) is 6.55. The third kappa shape index (κ3) is 3.66. The van der Waals surface area contributed by atoms with E-state index in [0.717, 1.165) is 32.6 Å². The van der Waals surface area contributed by atoms with Gasteiger partial charge in [-0.05, 0) is 26.7 Å². The first-order chi connectivity index (χ1) is 9.15. The van der Waals surface area contributed by atoms with Gasteiger partial charge in [0, 0.05) is 25.3 Å². The van der Waals surface area contributed by atoms with E-state index < -0.39 is 0 Å². The van der Waals surface area contributed by atoms with Crippen LogP contribution < -0.4 is 15.4 Å². The molecule has 1 fully saturated rings. The number of nitrogens with one attached hydrogen (secondary N) is 2. The molecule has 19 heavy (non-hydrogen) atoms. The van der Waals surface area contributed by atoms with Crippen LogP contribution in [0.15, 0.2) is 0 Å². The van der Waals surface area contributed by atoms with Crippen molar-refractivity contribution in [2.75, 3.05) is 37.5 Å². The van der Waals surface area contributed by atoms with Crippen molar-refractivity contribution >= 4 is 11.9 Å². The van der Waals surface area contributed by atoms with E-state index in [-0.39, 0.29) is 5.54 Å². The lowest BCUT2D eigenvalue weighted by molar-refractivity contribution is 0.0655. The maximum Gasteiger partial charge on any atom is 0.322 e. The summed E-state index contributed by atoms with van der Waals surface area (Å²) in [5.41, 5.74) is -0.0475. The van der Waals surface area contributed by atoms with E-state index in [4.69, 9.17) is 9.47 Å². The van der Waals surface area contributed by atoms with Crippen LogP contribution in [-0.2, 0) is 4.74 Å². The molecule has 1 aliphatic rings. The van der Waals surface area contributed by atoms with E-state index in [1.54, 1.807) is 7.11 Å². The zero-order chi connectivity index (χ0) is 13.7. The summed E-state index contributed by atoms with van der Waals surface area (Å²) in [7, 11) is 1.55. The Morgan fingerprint density at radius 3 is 2.53 bits per heavy atom. The zero-order valence-electron chi connectivity index (χ0n) is 11.7. The van der Waals surface area contributed by atoms with Crippen LogP contribution in [0.3, 0.4) is 0 Å². The maximum absolute atomic E-state index is 5.38. The van der Waals surface area contributed by atoms with Crippen molar-refractivity contribution < 1.29 is 9.47 Å². The van der Waals surface area contributed by atoms with Crippen LogP contribution in [0.5, 0.6) is 6.01 Å². The Hall–Kier alpha value is -1.63. The lowest BCUT2D eigenvalue weighted by atomic mass is 9.93. The molecule has 1 aromatic heterocycles. The molecule has 1 saturated heterocycles. The molecule has 2 N–H and O–H groups in total. The molecule has 0 spiro atoms.